The van der Waals surface area contributed by atoms with E-state index in [1.807, 2.05) is 31.2 Å². The van der Waals surface area contributed by atoms with Gasteiger partial charge in [0.2, 0.25) is 5.91 Å². The van der Waals surface area contributed by atoms with Crippen molar-refractivity contribution in [1.29, 1.82) is 0 Å². The molecule has 4 heteroatoms. The molecule has 0 saturated carbocycles. The normalized spacial score (nSPS) is 10.4. The maximum atomic E-state index is 11.3. The summed E-state index contributed by atoms with van der Waals surface area (Å²) in [6, 6.07) is 9.93. The summed E-state index contributed by atoms with van der Waals surface area (Å²) in [7, 11) is 0. The fourth-order valence-electron chi connectivity index (χ4n) is 2.12. The monoisotopic (exact) mass is 285 g/mol. The summed E-state index contributed by atoms with van der Waals surface area (Å²) in [5.74, 6) is 0.0352. The van der Waals surface area contributed by atoms with Crippen molar-refractivity contribution in [2.24, 2.45) is 0 Å². The van der Waals surface area contributed by atoms with E-state index >= 15 is 0 Å². The molecular formula is C17H23N3O. The highest BCUT2D eigenvalue weighted by atomic mass is 16.1. The average Bonchev–Trinajstić information content (AvgIpc) is 2.94. The number of nitrogens with zero attached hydrogens (tertiary/aromatic N) is 1. The maximum absolute atomic E-state index is 11.3. The first-order valence-corrected chi connectivity index (χ1v) is 7.49. The number of amides is 1. The second-order valence-corrected chi connectivity index (χ2v) is 5.09. The van der Waals surface area contributed by atoms with Crippen molar-refractivity contribution in [3.8, 4) is 0 Å². The predicted molar refractivity (Wildman–Crippen MR) is 87.4 cm³/mol. The third kappa shape index (κ3) is 4.67. The highest BCUT2D eigenvalue weighted by molar-refractivity contribution is 5.90. The third-order valence-electron chi connectivity index (χ3n) is 3.28. The van der Waals surface area contributed by atoms with Crippen LogP contribution in [0.4, 0.5) is 11.4 Å². The summed E-state index contributed by atoms with van der Waals surface area (Å²) < 4.78 is 2.21. The van der Waals surface area contributed by atoms with Gasteiger partial charge >= 0.3 is 0 Å². The van der Waals surface area contributed by atoms with E-state index in [0.29, 0.717) is 6.42 Å². The number of aromatic nitrogens is 1. The van der Waals surface area contributed by atoms with Crippen LogP contribution in [0.3, 0.4) is 0 Å². The van der Waals surface area contributed by atoms with Gasteiger partial charge in [-0.05, 0) is 42.3 Å². The molecule has 21 heavy (non-hydrogen) atoms. The smallest absolute Gasteiger partial charge is 0.224 e. The predicted octanol–water partition coefficient (Wildman–Crippen LogP) is 3.86. The van der Waals surface area contributed by atoms with Gasteiger partial charge in [0.05, 0.1) is 0 Å². The standard InChI is InChI=1S/C17H23N3O/c1-3-10-20-11-9-14(13-20)12-18-15-5-7-16(8-6-15)19-17(21)4-2/h5-9,11,13,18H,3-4,10,12H2,1-2H3,(H,19,21). The number of carbonyl (C=O) groups excluding carboxylic acids is 1. The molecule has 0 spiro atoms. The summed E-state index contributed by atoms with van der Waals surface area (Å²) >= 11 is 0. The topological polar surface area (TPSA) is 46.1 Å². The number of benzene rings is 1. The molecule has 0 aliphatic heterocycles. The summed E-state index contributed by atoms with van der Waals surface area (Å²) in [6.45, 7) is 5.88. The Morgan fingerprint density at radius 1 is 1.10 bits per heavy atom. The molecule has 4 nitrogen and oxygen atoms in total. The quantitative estimate of drug-likeness (QED) is 0.811. The number of nitrogens with one attached hydrogen (secondary N) is 2. The SMILES string of the molecule is CCCn1ccc(CNc2ccc(NC(=O)CC)cc2)c1. The van der Waals surface area contributed by atoms with Crippen molar-refractivity contribution in [3.63, 3.8) is 0 Å². The fourth-order valence-corrected chi connectivity index (χ4v) is 2.12. The van der Waals surface area contributed by atoms with Gasteiger partial charge in [0.25, 0.3) is 0 Å². The van der Waals surface area contributed by atoms with E-state index in [9.17, 15) is 4.79 Å². The Labute approximate surface area is 126 Å². The van der Waals surface area contributed by atoms with Crippen LogP contribution in [-0.4, -0.2) is 10.5 Å². The summed E-state index contributed by atoms with van der Waals surface area (Å²) in [6.07, 6.45) is 5.93. The fraction of sp³-hybridized carbons (Fsp3) is 0.353. The Bertz CT molecular complexity index is 572. The summed E-state index contributed by atoms with van der Waals surface area (Å²) in [4.78, 5) is 11.3. The Kier molecular flexibility index (Phi) is 5.43. The van der Waals surface area contributed by atoms with Crippen molar-refractivity contribution < 1.29 is 4.79 Å². The molecule has 0 aliphatic carbocycles. The largest absolute Gasteiger partial charge is 0.381 e. The second-order valence-electron chi connectivity index (χ2n) is 5.09. The molecule has 1 heterocycles. The number of carbonyl (C=O) groups is 1. The van der Waals surface area contributed by atoms with Crippen LogP contribution in [0.2, 0.25) is 0 Å². The van der Waals surface area contributed by atoms with Crippen LogP contribution in [0, 0.1) is 0 Å². The van der Waals surface area contributed by atoms with E-state index in [4.69, 9.17) is 0 Å². The summed E-state index contributed by atoms with van der Waals surface area (Å²) in [5, 5.41) is 6.22. The third-order valence-corrected chi connectivity index (χ3v) is 3.28. The Morgan fingerprint density at radius 2 is 1.81 bits per heavy atom. The first kappa shape index (κ1) is 15.2. The Hall–Kier alpha value is -2.23. The lowest BCUT2D eigenvalue weighted by Crippen LogP contribution is -2.09. The van der Waals surface area contributed by atoms with E-state index in [-0.39, 0.29) is 5.91 Å². The Balaban J connectivity index is 1.86. The van der Waals surface area contributed by atoms with Gasteiger partial charge in [-0.1, -0.05) is 13.8 Å². The number of aryl methyl sites for hydroxylation is 1. The Morgan fingerprint density at radius 3 is 2.48 bits per heavy atom. The number of hydrogen-bond acceptors (Lipinski definition) is 2. The summed E-state index contributed by atoms with van der Waals surface area (Å²) in [5.41, 5.74) is 3.15. The van der Waals surface area contributed by atoms with E-state index in [1.54, 1.807) is 0 Å². The van der Waals surface area contributed by atoms with Gasteiger partial charge in [0, 0.05) is 43.3 Å². The molecule has 1 aromatic heterocycles. The van der Waals surface area contributed by atoms with Crippen molar-refractivity contribution in [3.05, 3.63) is 48.3 Å². The number of rotatable bonds is 7. The maximum Gasteiger partial charge on any atom is 0.224 e. The van der Waals surface area contributed by atoms with Crippen LogP contribution in [0.1, 0.15) is 32.3 Å². The second kappa shape index (κ2) is 7.53. The van der Waals surface area contributed by atoms with Crippen LogP contribution >= 0.6 is 0 Å². The zero-order chi connectivity index (χ0) is 15.1. The van der Waals surface area contributed by atoms with Gasteiger partial charge in [-0.15, -0.1) is 0 Å². The van der Waals surface area contributed by atoms with E-state index < -0.39 is 0 Å². The van der Waals surface area contributed by atoms with E-state index in [0.717, 1.165) is 30.9 Å². The minimum atomic E-state index is 0.0352. The molecule has 0 atom stereocenters. The molecule has 0 saturated heterocycles. The lowest BCUT2D eigenvalue weighted by atomic mass is 10.2. The molecule has 0 bridgehead atoms. The zero-order valence-electron chi connectivity index (χ0n) is 12.7. The van der Waals surface area contributed by atoms with Crippen molar-refractivity contribution in [2.45, 2.75) is 39.8 Å². The molecular weight excluding hydrogens is 262 g/mol. The van der Waals surface area contributed by atoms with Gasteiger partial charge < -0.3 is 15.2 Å². The van der Waals surface area contributed by atoms with Crippen LogP contribution in [-0.2, 0) is 17.9 Å². The molecule has 112 valence electrons. The zero-order valence-corrected chi connectivity index (χ0v) is 12.7. The van der Waals surface area contributed by atoms with Crippen LogP contribution in [0.25, 0.3) is 0 Å². The average molecular weight is 285 g/mol. The van der Waals surface area contributed by atoms with Gasteiger partial charge in [-0.25, -0.2) is 0 Å². The highest BCUT2D eigenvalue weighted by Crippen LogP contribution is 2.15. The first-order valence-electron chi connectivity index (χ1n) is 7.49. The molecule has 0 unspecified atom stereocenters. The van der Waals surface area contributed by atoms with Crippen LogP contribution in [0.15, 0.2) is 42.7 Å². The van der Waals surface area contributed by atoms with Crippen LogP contribution in [0.5, 0.6) is 0 Å². The molecule has 2 aromatic rings. The van der Waals surface area contributed by atoms with Gasteiger partial charge in [0.1, 0.15) is 0 Å². The molecule has 0 radical (unpaired) electrons. The number of hydrogen-bond donors (Lipinski definition) is 2. The van der Waals surface area contributed by atoms with E-state index in [2.05, 4.69) is 40.6 Å². The highest BCUT2D eigenvalue weighted by Gasteiger charge is 2.00. The van der Waals surface area contributed by atoms with Gasteiger partial charge in [-0.2, -0.15) is 0 Å². The van der Waals surface area contributed by atoms with Crippen molar-refractivity contribution in [1.82, 2.24) is 4.57 Å². The lowest BCUT2D eigenvalue weighted by molar-refractivity contribution is -0.115. The minimum absolute atomic E-state index is 0.0352. The molecule has 0 fully saturated rings. The minimum Gasteiger partial charge on any atom is -0.381 e. The number of anilines is 2. The molecule has 1 aromatic carbocycles. The van der Waals surface area contributed by atoms with Gasteiger partial charge in [-0.3, -0.25) is 4.79 Å². The van der Waals surface area contributed by atoms with Crippen LogP contribution < -0.4 is 10.6 Å². The lowest BCUT2D eigenvalue weighted by Gasteiger charge is -2.07. The van der Waals surface area contributed by atoms with Crippen molar-refractivity contribution in [2.75, 3.05) is 10.6 Å². The van der Waals surface area contributed by atoms with E-state index in [1.165, 1.54) is 5.56 Å². The molecule has 1 amide bonds. The first-order chi connectivity index (χ1) is 10.2. The van der Waals surface area contributed by atoms with Gasteiger partial charge in [0.15, 0.2) is 0 Å². The molecule has 2 N–H and O–H groups in total. The van der Waals surface area contributed by atoms with Crippen molar-refractivity contribution >= 4 is 17.3 Å². The molecule has 2 rings (SSSR count). The molecule has 0 aliphatic rings.